The molecule has 0 spiro atoms. The summed E-state index contributed by atoms with van der Waals surface area (Å²) in [6.45, 7) is 5.55. The highest BCUT2D eigenvalue weighted by Crippen LogP contribution is 2.27. The molecular formula is C14H20N2O4S. The summed E-state index contributed by atoms with van der Waals surface area (Å²) in [5.74, 6) is 0.825. The number of primary sulfonamides is 1. The van der Waals surface area contributed by atoms with Gasteiger partial charge >= 0.3 is 0 Å². The predicted molar refractivity (Wildman–Crippen MR) is 78.6 cm³/mol. The van der Waals surface area contributed by atoms with E-state index in [1.165, 1.54) is 19.2 Å². The highest BCUT2D eigenvalue weighted by molar-refractivity contribution is 7.89. The molecule has 0 aromatic heterocycles. The summed E-state index contributed by atoms with van der Waals surface area (Å²) in [5.41, 5.74) is 0.307. The van der Waals surface area contributed by atoms with Crippen LogP contribution in [0.1, 0.15) is 24.2 Å². The smallest absolute Gasteiger partial charge is 0.253 e. The van der Waals surface area contributed by atoms with Gasteiger partial charge in [-0.15, -0.1) is 0 Å². The molecule has 0 bridgehead atoms. The maximum Gasteiger partial charge on any atom is 0.253 e. The number of methoxy groups -OCH3 is 1. The Hall–Kier alpha value is -1.60. The molecule has 0 aliphatic carbocycles. The summed E-state index contributed by atoms with van der Waals surface area (Å²) in [6, 6.07) is 4.30. The molecule has 1 aromatic rings. The topological polar surface area (TPSA) is 89.7 Å². The summed E-state index contributed by atoms with van der Waals surface area (Å²) in [6.07, 6.45) is 0. The van der Waals surface area contributed by atoms with Crippen LogP contribution in [-0.2, 0) is 10.0 Å². The lowest BCUT2D eigenvalue weighted by Gasteiger charge is -2.17. The number of likely N-dealkylation sites (tertiary alicyclic amines) is 1. The van der Waals surface area contributed by atoms with Crippen LogP contribution in [0, 0.1) is 11.8 Å². The first-order valence-corrected chi connectivity index (χ1v) is 8.28. The Kier molecular flexibility index (Phi) is 4.25. The van der Waals surface area contributed by atoms with Gasteiger partial charge in [-0.25, -0.2) is 13.6 Å². The van der Waals surface area contributed by atoms with Gasteiger partial charge in [-0.3, -0.25) is 4.79 Å². The average molecular weight is 312 g/mol. The Morgan fingerprint density at radius 3 is 2.33 bits per heavy atom. The van der Waals surface area contributed by atoms with Crippen molar-refractivity contribution in [3.8, 4) is 5.75 Å². The molecule has 1 aromatic carbocycles. The van der Waals surface area contributed by atoms with Crippen LogP contribution in [0.4, 0.5) is 0 Å². The molecule has 116 valence electrons. The molecule has 21 heavy (non-hydrogen) atoms. The Labute approximate surface area is 124 Å². The first kappa shape index (κ1) is 15.8. The Morgan fingerprint density at radius 1 is 1.29 bits per heavy atom. The van der Waals surface area contributed by atoms with Crippen LogP contribution in [0.15, 0.2) is 23.1 Å². The summed E-state index contributed by atoms with van der Waals surface area (Å²) in [7, 11) is -2.59. The Balaban J connectivity index is 2.35. The minimum Gasteiger partial charge on any atom is -0.495 e. The molecule has 2 N–H and O–H groups in total. The number of sulfonamides is 1. The Morgan fingerprint density at radius 2 is 1.86 bits per heavy atom. The lowest BCUT2D eigenvalue weighted by molar-refractivity contribution is 0.0784. The monoisotopic (exact) mass is 312 g/mol. The van der Waals surface area contributed by atoms with E-state index in [9.17, 15) is 13.2 Å². The second-order valence-corrected chi connectivity index (χ2v) is 7.11. The van der Waals surface area contributed by atoms with E-state index in [1.807, 2.05) is 0 Å². The SMILES string of the molecule is COc1ccc(C(=O)N2CC(C)C(C)C2)cc1S(N)(=O)=O. The molecule has 1 amide bonds. The molecule has 6 nitrogen and oxygen atoms in total. The van der Waals surface area contributed by atoms with Gasteiger partial charge in [-0.1, -0.05) is 13.8 Å². The summed E-state index contributed by atoms with van der Waals surface area (Å²) >= 11 is 0. The molecule has 1 fully saturated rings. The van der Waals surface area contributed by atoms with Crippen molar-refractivity contribution in [1.82, 2.24) is 4.90 Å². The van der Waals surface area contributed by atoms with E-state index in [-0.39, 0.29) is 16.6 Å². The van der Waals surface area contributed by atoms with Crippen molar-refractivity contribution in [2.75, 3.05) is 20.2 Å². The van der Waals surface area contributed by atoms with Crippen LogP contribution < -0.4 is 9.88 Å². The third-order valence-electron chi connectivity index (χ3n) is 3.99. The number of amides is 1. The van der Waals surface area contributed by atoms with Crippen molar-refractivity contribution in [3.63, 3.8) is 0 Å². The second-order valence-electron chi connectivity index (χ2n) is 5.58. The van der Waals surface area contributed by atoms with Gasteiger partial charge in [0.15, 0.2) is 0 Å². The Bertz CT molecular complexity index is 647. The van der Waals surface area contributed by atoms with E-state index in [0.717, 1.165) is 0 Å². The molecule has 1 saturated heterocycles. The van der Waals surface area contributed by atoms with Gasteiger partial charge in [0, 0.05) is 18.7 Å². The highest BCUT2D eigenvalue weighted by atomic mass is 32.2. The number of ether oxygens (including phenoxy) is 1. The predicted octanol–water partition coefficient (Wildman–Crippen LogP) is 1.07. The first-order chi connectivity index (χ1) is 9.74. The van der Waals surface area contributed by atoms with Gasteiger partial charge in [0.05, 0.1) is 7.11 Å². The summed E-state index contributed by atoms with van der Waals surface area (Å²) in [4.78, 5) is 14.0. The zero-order valence-electron chi connectivity index (χ0n) is 12.4. The van der Waals surface area contributed by atoms with Crippen molar-refractivity contribution in [2.45, 2.75) is 18.7 Å². The van der Waals surface area contributed by atoms with Crippen LogP contribution in [0.2, 0.25) is 0 Å². The zero-order chi connectivity index (χ0) is 15.8. The fourth-order valence-electron chi connectivity index (χ4n) is 2.51. The van der Waals surface area contributed by atoms with Crippen molar-refractivity contribution in [2.24, 2.45) is 17.0 Å². The van der Waals surface area contributed by atoms with E-state index >= 15 is 0 Å². The number of rotatable bonds is 3. The maximum atomic E-state index is 12.5. The number of hydrogen-bond donors (Lipinski definition) is 1. The normalized spacial score (nSPS) is 22.4. The molecule has 1 aliphatic heterocycles. The van der Waals surface area contributed by atoms with Crippen LogP contribution >= 0.6 is 0 Å². The molecule has 0 saturated carbocycles. The summed E-state index contributed by atoms with van der Waals surface area (Å²) < 4.78 is 28.2. The molecule has 0 radical (unpaired) electrons. The standard InChI is InChI=1S/C14H20N2O4S/c1-9-7-16(8-10(9)2)14(17)11-4-5-12(20-3)13(6-11)21(15,18)19/h4-6,9-10H,7-8H2,1-3H3,(H2,15,18,19). The largest absolute Gasteiger partial charge is 0.495 e. The van der Waals surface area contributed by atoms with Crippen LogP contribution in [-0.4, -0.2) is 39.4 Å². The average Bonchev–Trinajstić information content (AvgIpc) is 2.76. The maximum absolute atomic E-state index is 12.5. The number of benzene rings is 1. The quantitative estimate of drug-likeness (QED) is 0.904. The second kappa shape index (κ2) is 5.65. The van der Waals surface area contributed by atoms with E-state index in [1.54, 1.807) is 11.0 Å². The molecule has 2 rings (SSSR count). The van der Waals surface area contributed by atoms with Crippen LogP contribution in [0.3, 0.4) is 0 Å². The molecule has 1 aliphatic rings. The van der Waals surface area contributed by atoms with Gasteiger partial charge < -0.3 is 9.64 Å². The van der Waals surface area contributed by atoms with Gasteiger partial charge in [-0.2, -0.15) is 0 Å². The van der Waals surface area contributed by atoms with Crippen molar-refractivity contribution in [1.29, 1.82) is 0 Å². The van der Waals surface area contributed by atoms with E-state index in [2.05, 4.69) is 13.8 Å². The number of carbonyl (C=O) groups excluding carboxylic acids is 1. The van der Waals surface area contributed by atoms with Crippen LogP contribution in [0.25, 0.3) is 0 Å². The molecule has 7 heteroatoms. The highest BCUT2D eigenvalue weighted by Gasteiger charge is 2.30. The molecule has 2 atom stereocenters. The minimum atomic E-state index is -3.94. The van der Waals surface area contributed by atoms with Gasteiger partial charge in [0.1, 0.15) is 10.6 Å². The number of hydrogen-bond acceptors (Lipinski definition) is 4. The van der Waals surface area contributed by atoms with Crippen molar-refractivity contribution < 1.29 is 17.9 Å². The first-order valence-electron chi connectivity index (χ1n) is 6.74. The number of nitrogens with two attached hydrogens (primary N) is 1. The zero-order valence-corrected chi connectivity index (χ0v) is 13.2. The minimum absolute atomic E-state index is 0.136. The molecular weight excluding hydrogens is 292 g/mol. The van der Waals surface area contributed by atoms with Crippen LogP contribution in [0.5, 0.6) is 5.75 Å². The van der Waals surface area contributed by atoms with E-state index < -0.39 is 10.0 Å². The van der Waals surface area contributed by atoms with Crippen molar-refractivity contribution >= 4 is 15.9 Å². The van der Waals surface area contributed by atoms with E-state index in [4.69, 9.17) is 9.88 Å². The summed E-state index contributed by atoms with van der Waals surface area (Å²) in [5, 5.41) is 5.17. The lowest BCUT2D eigenvalue weighted by atomic mass is 10.0. The van der Waals surface area contributed by atoms with Gasteiger partial charge in [0.25, 0.3) is 5.91 Å². The van der Waals surface area contributed by atoms with Crippen molar-refractivity contribution in [3.05, 3.63) is 23.8 Å². The third kappa shape index (κ3) is 3.19. The molecule has 1 heterocycles. The number of nitrogens with zero attached hydrogens (tertiary/aromatic N) is 1. The third-order valence-corrected chi connectivity index (χ3v) is 4.92. The lowest BCUT2D eigenvalue weighted by Crippen LogP contribution is -2.29. The molecule has 2 unspecified atom stereocenters. The van der Waals surface area contributed by atoms with E-state index in [0.29, 0.717) is 30.5 Å². The van der Waals surface area contributed by atoms with Gasteiger partial charge in [0.2, 0.25) is 10.0 Å². The van der Waals surface area contributed by atoms with Gasteiger partial charge in [-0.05, 0) is 30.0 Å². The fourth-order valence-corrected chi connectivity index (χ4v) is 3.23. The fraction of sp³-hybridized carbons (Fsp3) is 0.500. The number of carbonyl (C=O) groups is 1.